The zero-order valence-electron chi connectivity index (χ0n) is 19.3. The summed E-state index contributed by atoms with van der Waals surface area (Å²) in [6, 6.07) is 16.1. The van der Waals surface area contributed by atoms with E-state index in [0.717, 1.165) is 59.0 Å². The summed E-state index contributed by atoms with van der Waals surface area (Å²) in [7, 11) is 1.69. The van der Waals surface area contributed by atoms with Crippen molar-refractivity contribution in [3.05, 3.63) is 48.5 Å². The lowest BCUT2D eigenvalue weighted by molar-refractivity contribution is 0.215. The van der Waals surface area contributed by atoms with Crippen LogP contribution in [0, 0.1) is 0 Å². The van der Waals surface area contributed by atoms with Gasteiger partial charge >= 0.3 is 0 Å². The summed E-state index contributed by atoms with van der Waals surface area (Å²) < 4.78 is 17.7. The van der Waals surface area contributed by atoms with Gasteiger partial charge in [-0.05, 0) is 68.8 Å². The van der Waals surface area contributed by atoms with Gasteiger partial charge < -0.3 is 14.2 Å². The van der Waals surface area contributed by atoms with Gasteiger partial charge in [0.15, 0.2) is 0 Å². The van der Waals surface area contributed by atoms with Crippen molar-refractivity contribution >= 4 is 10.9 Å². The van der Waals surface area contributed by atoms with Gasteiger partial charge in [-0.25, -0.2) is 4.98 Å². The van der Waals surface area contributed by atoms with Crippen molar-refractivity contribution in [1.82, 2.24) is 9.88 Å². The first kappa shape index (κ1) is 22.4. The molecule has 0 atom stereocenters. The van der Waals surface area contributed by atoms with Crippen LogP contribution in [0.1, 0.15) is 39.0 Å². The van der Waals surface area contributed by atoms with E-state index in [1.807, 2.05) is 36.4 Å². The lowest BCUT2D eigenvalue weighted by Crippen LogP contribution is -2.29. The smallest absolute Gasteiger partial charge is 0.134 e. The molecule has 5 nitrogen and oxygen atoms in total. The quantitative estimate of drug-likeness (QED) is 0.416. The highest BCUT2D eigenvalue weighted by molar-refractivity contribution is 5.93. The van der Waals surface area contributed by atoms with Crippen LogP contribution in [0.5, 0.6) is 17.2 Å². The van der Waals surface area contributed by atoms with Crippen molar-refractivity contribution in [2.45, 2.75) is 39.0 Å². The van der Waals surface area contributed by atoms with Crippen LogP contribution >= 0.6 is 0 Å². The number of rotatable bonds is 9. The Hall–Kier alpha value is -2.79. The number of fused-ring (bicyclic) bond motifs is 1. The number of nitrogens with zero attached hydrogens (tertiary/aromatic N) is 2. The Morgan fingerprint density at radius 1 is 0.875 bits per heavy atom. The molecule has 0 saturated carbocycles. The number of hydrogen-bond acceptors (Lipinski definition) is 5. The fraction of sp³-hybridized carbons (Fsp3) is 0.444. The number of likely N-dealkylation sites (tertiary alicyclic amines) is 1. The average molecular weight is 435 g/mol. The SMILES string of the molecule is CCCOc1ccc(-c2cc(OCCN3CCCCCC3)c3c(OC)cccc3n2)cc1. The number of benzene rings is 2. The van der Waals surface area contributed by atoms with Crippen molar-refractivity contribution in [1.29, 1.82) is 0 Å². The highest BCUT2D eigenvalue weighted by atomic mass is 16.5. The second-order valence-corrected chi connectivity index (χ2v) is 8.34. The minimum absolute atomic E-state index is 0.653. The van der Waals surface area contributed by atoms with Crippen LogP contribution in [0.3, 0.4) is 0 Å². The van der Waals surface area contributed by atoms with E-state index in [2.05, 4.69) is 24.0 Å². The van der Waals surface area contributed by atoms with Crippen molar-refractivity contribution < 1.29 is 14.2 Å². The van der Waals surface area contributed by atoms with Gasteiger partial charge in [0.1, 0.15) is 23.9 Å². The molecule has 0 bridgehead atoms. The number of aromatic nitrogens is 1. The van der Waals surface area contributed by atoms with Crippen molar-refractivity contribution in [3.63, 3.8) is 0 Å². The van der Waals surface area contributed by atoms with E-state index >= 15 is 0 Å². The molecule has 170 valence electrons. The molecule has 1 saturated heterocycles. The molecule has 5 heteroatoms. The molecule has 1 aromatic heterocycles. The van der Waals surface area contributed by atoms with E-state index in [0.29, 0.717) is 6.61 Å². The Bertz CT molecular complexity index is 996. The molecule has 4 rings (SSSR count). The number of methoxy groups -OCH3 is 1. The third-order valence-corrected chi connectivity index (χ3v) is 5.97. The fourth-order valence-corrected chi connectivity index (χ4v) is 4.24. The molecular formula is C27H34N2O3. The van der Waals surface area contributed by atoms with Gasteiger partial charge in [-0.2, -0.15) is 0 Å². The van der Waals surface area contributed by atoms with Crippen LogP contribution in [-0.2, 0) is 0 Å². The molecule has 0 unspecified atom stereocenters. The average Bonchev–Trinajstić information content (AvgIpc) is 3.11. The molecule has 0 radical (unpaired) electrons. The summed E-state index contributed by atoms with van der Waals surface area (Å²) in [5.74, 6) is 2.49. The van der Waals surface area contributed by atoms with Gasteiger partial charge in [-0.15, -0.1) is 0 Å². The summed E-state index contributed by atoms with van der Waals surface area (Å²) in [5, 5.41) is 0.928. The molecule has 0 spiro atoms. The van der Waals surface area contributed by atoms with Gasteiger partial charge in [0, 0.05) is 18.2 Å². The zero-order chi connectivity index (χ0) is 22.2. The zero-order valence-corrected chi connectivity index (χ0v) is 19.3. The van der Waals surface area contributed by atoms with E-state index < -0.39 is 0 Å². The van der Waals surface area contributed by atoms with Crippen LogP contribution in [-0.4, -0.2) is 49.8 Å². The van der Waals surface area contributed by atoms with Gasteiger partial charge in [-0.3, -0.25) is 4.90 Å². The lowest BCUT2D eigenvalue weighted by Gasteiger charge is -2.20. The van der Waals surface area contributed by atoms with E-state index in [9.17, 15) is 0 Å². The summed E-state index contributed by atoms with van der Waals surface area (Å²) in [6.07, 6.45) is 6.25. The highest BCUT2D eigenvalue weighted by Gasteiger charge is 2.14. The first-order chi connectivity index (χ1) is 15.8. The molecule has 1 fully saturated rings. The Balaban J connectivity index is 1.59. The largest absolute Gasteiger partial charge is 0.496 e. The predicted octanol–water partition coefficient (Wildman–Crippen LogP) is 5.95. The van der Waals surface area contributed by atoms with E-state index in [1.54, 1.807) is 7.11 Å². The Morgan fingerprint density at radius 2 is 1.66 bits per heavy atom. The van der Waals surface area contributed by atoms with Gasteiger partial charge in [0.2, 0.25) is 0 Å². The molecule has 1 aliphatic rings. The van der Waals surface area contributed by atoms with Crippen LogP contribution in [0.25, 0.3) is 22.2 Å². The number of pyridine rings is 1. The third-order valence-electron chi connectivity index (χ3n) is 5.97. The summed E-state index contributed by atoms with van der Waals surface area (Å²) >= 11 is 0. The topological polar surface area (TPSA) is 43.8 Å². The normalized spacial score (nSPS) is 14.8. The minimum atomic E-state index is 0.653. The number of hydrogen-bond donors (Lipinski definition) is 0. The van der Waals surface area contributed by atoms with Crippen molar-refractivity contribution in [2.24, 2.45) is 0 Å². The molecule has 0 amide bonds. The van der Waals surface area contributed by atoms with Crippen LogP contribution in [0.2, 0.25) is 0 Å². The van der Waals surface area contributed by atoms with Crippen molar-refractivity contribution in [3.8, 4) is 28.5 Å². The lowest BCUT2D eigenvalue weighted by atomic mass is 10.1. The van der Waals surface area contributed by atoms with Crippen LogP contribution in [0.4, 0.5) is 0 Å². The third kappa shape index (κ3) is 5.52. The standard InChI is InChI=1S/C27H34N2O3/c1-3-18-31-22-13-11-21(12-14-22)24-20-26(27-23(28-24)9-8-10-25(27)30-2)32-19-17-29-15-6-4-5-7-16-29/h8-14,20H,3-7,15-19H2,1-2H3. The Kier molecular flexibility index (Phi) is 7.83. The summed E-state index contributed by atoms with van der Waals surface area (Å²) in [5.41, 5.74) is 2.80. The van der Waals surface area contributed by atoms with Crippen LogP contribution in [0.15, 0.2) is 48.5 Å². The summed E-state index contributed by atoms with van der Waals surface area (Å²) in [4.78, 5) is 7.42. The van der Waals surface area contributed by atoms with Gasteiger partial charge in [-0.1, -0.05) is 25.8 Å². The molecule has 2 aromatic carbocycles. The molecule has 32 heavy (non-hydrogen) atoms. The van der Waals surface area contributed by atoms with Gasteiger partial charge in [0.05, 0.1) is 30.3 Å². The maximum atomic E-state index is 6.36. The van der Waals surface area contributed by atoms with Gasteiger partial charge in [0.25, 0.3) is 0 Å². The van der Waals surface area contributed by atoms with Crippen LogP contribution < -0.4 is 14.2 Å². The highest BCUT2D eigenvalue weighted by Crippen LogP contribution is 2.36. The fourth-order valence-electron chi connectivity index (χ4n) is 4.24. The second kappa shape index (κ2) is 11.2. The van der Waals surface area contributed by atoms with E-state index in [1.165, 1.54) is 38.8 Å². The van der Waals surface area contributed by atoms with E-state index in [4.69, 9.17) is 19.2 Å². The Labute approximate surface area is 191 Å². The number of ether oxygens (including phenoxy) is 3. The maximum Gasteiger partial charge on any atom is 0.134 e. The van der Waals surface area contributed by atoms with E-state index in [-0.39, 0.29) is 0 Å². The summed E-state index contributed by atoms with van der Waals surface area (Å²) in [6.45, 7) is 6.76. The monoisotopic (exact) mass is 434 g/mol. The Morgan fingerprint density at radius 3 is 2.38 bits per heavy atom. The minimum Gasteiger partial charge on any atom is -0.496 e. The first-order valence-electron chi connectivity index (χ1n) is 11.8. The predicted molar refractivity (Wildman–Crippen MR) is 130 cm³/mol. The maximum absolute atomic E-state index is 6.36. The first-order valence-corrected chi connectivity index (χ1v) is 11.8. The molecule has 2 heterocycles. The molecule has 0 aliphatic carbocycles. The molecule has 0 N–H and O–H groups in total. The molecular weight excluding hydrogens is 400 g/mol. The second-order valence-electron chi connectivity index (χ2n) is 8.34. The molecule has 1 aliphatic heterocycles. The molecule has 3 aromatic rings. The van der Waals surface area contributed by atoms with Crippen molar-refractivity contribution in [2.75, 3.05) is 40.0 Å².